The predicted octanol–water partition coefficient (Wildman–Crippen LogP) is 2.58. The van der Waals surface area contributed by atoms with Crippen LogP contribution in [-0.4, -0.2) is 10.8 Å². The van der Waals surface area contributed by atoms with Crippen LogP contribution in [0.4, 0.5) is 5.69 Å². The van der Waals surface area contributed by atoms with Crippen molar-refractivity contribution in [1.82, 2.24) is 4.98 Å². The molecule has 1 aliphatic carbocycles. The molecule has 18 heavy (non-hydrogen) atoms. The number of carbonyl (C=O) groups is 1. The Labute approximate surface area is 106 Å². The van der Waals surface area contributed by atoms with Gasteiger partial charge in [-0.25, -0.2) is 0 Å². The van der Waals surface area contributed by atoms with Crippen molar-refractivity contribution in [3.05, 3.63) is 59.4 Å². The first-order valence-electron chi connectivity index (χ1n) is 6.09. The van der Waals surface area contributed by atoms with E-state index < -0.39 is 0 Å². The normalized spacial score (nSPS) is 17.4. The van der Waals surface area contributed by atoms with Crippen LogP contribution in [0.1, 0.15) is 34.0 Å². The van der Waals surface area contributed by atoms with Crippen molar-refractivity contribution in [3.8, 4) is 0 Å². The molecule has 0 radical (unpaired) electrons. The molecule has 0 saturated heterocycles. The van der Waals surface area contributed by atoms with Crippen LogP contribution in [0.2, 0.25) is 0 Å². The Morgan fingerprint density at radius 2 is 2.17 bits per heavy atom. The fraction of sp³-hybridized carbons (Fsp3) is 0.200. The van der Waals surface area contributed by atoms with Gasteiger partial charge in [0, 0.05) is 17.4 Å². The SMILES string of the molecule is Nc1cccc(C(=O)C2CCc3cccnc32)c1. The maximum atomic E-state index is 12.5. The summed E-state index contributed by atoms with van der Waals surface area (Å²) >= 11 is 0. The highest BCUT2D eigenvalue weighted by molar-refractivity contribution is 6.01. The lowest BCUT2D eigenvalue weighted by Gasteiger charge is -2.09. The molecule has 2 aromatic rings. The average molecular weight is 238 g/mol. The lowest BCUT2D eigenvalue weighted by atomic mass is 9.95. The molecule has 1 aromatic carbocycles. The van der Waals surface area contributed by atoms with Crippen LogP contribution in [-0.2, 0) is 6.42 Å². The van der Waals surface area contributed by atoms with Gasteiger partial charge in [-0.15, -0.1) is 0 Å². The highest BCUT2D eigenvalue weighted by Gasteiger charge is 2.30. The molecular formula is C15H14N2O. The number of benzene rings is 1. The van der Waals surface area contributed by atoms with Gasteiger partial charge in [-0.3, -0.25) is 9.78 Å². The van der Waals surface area contributed by atoms with Gasteiger partial charge in [0.25, 0.3) is 0 Å². The summed E-state index contributed by atoms with van der Waals surface area (Å²) in [5.41, 5.74) is 9.16. The van der Waals surface area contributed by atoms with Gasteiger partial charge in [0.15, 0.2) is 5.78 Å². The molecule has 0 bridgehead atoms. The minimum atomic E-state index is -0.108. The molecule has 1 unspecified atom stereocenters. The molecule has 3 heteroatoms. The van der Waals surface area contributed by atoms with E-state index in [1.807, 2.05) is 18.2 Å². The van der Waals surface area contributed by atoms with E-state index in [9.17, 15) is 4.79 Å². The van der Waals surface area contributed by atoms with E-state index in [1.54, 1.807) is 18.3 Å². The molecule has 1 aliphatic rings. The minimum Gasteiger partial charge on any atom is -0.399 e. The van der Waals surface area contributed by atoms with E-state index in [4.69, 9.17) is 5.73 Å². The van der Waals surface area contributed by atoms with Crippen LogP contribution in [0.15, 0.2) is 42.6 Å². The van der Waals surface area contributed by atoms with Crippen molar-refractivity contribution in [2.75, 3.05) is 5.73 Å². The molecule has 1 atom stereocenters. The van der Waals surface area contributed by atoms with Crippen LogP contribution in [0, 0.1) is 0 Å². The first kappa shape index (κ1) is 11.0. The summed E-state index contributed by atoms with van der Waals surface area (Å²) in [5.74, 6) is 0.0164. The second-order valence-corrected chi connectivity index (χ2v) is 4.63. The highest BCUT2D eigenvalue weighted by Crippen LogP contribution is 2.33. The van der Waals surface area contributed by atoms with Crippen LogP contribution in [0.5, 0.6) is 0 Å². The fourth-order valence-corrected chi connectivity index (χ4v) is 2.56. The topological polar surface area (TPSA) is 56.0 Å². The summed E-state index contributed by atoms with van der Waals surface area (Å²) in [4.78, 5) is 16.8. The molecule has 2 N–H and O–H groups in total. The number of nitrogens with zero attached hydrogens (tertiary/aromatic N) is 1. The van der Waals surface area contributed by atoms with Crippen LogP contribution in [0.25, 0.3) is 0 Å². The largest absolute Gasteiger partial charge is 0.399 e. The molecule has 3 rings (SSSR count). The lowest BCUT2D eigenvalue weighted by Crippen LogP contribution is -2.11. The number of fused-ring (bicyclic) bond motifs is 1. The van der Waals surface area contributed by atoms with Crippen LogP contribution >= 0.6 is 0 Å². The summed E-state index contributed by atoms with van der Waals surface area (Å²) < 4.78 is 0. The molecule has 0 saturated carbocycles. The van der Waals surface area contributed by atoms with Gasteiger partial charge in [-0.1, -0.05) is 18.2 Å². The molecule has 90 valence electrons. The van der Waals surface area contributed by atoms with Crippen LogP contribution < -0.4 is 5.73 Å². The Balaban J connectivity index is 1.96. The van der Waals surface area contributed by atoms with Gasteiger partial charge in [-0.05, 0) is 36.6 Å². The van der Waals surface area contributed by atoms with Gasteiger partial charge in [0.2, 0.25) is 0 Å². The fourth-order valence-electron chi connectivity index (χ4n) is 2.56. The van der Waals surface area contributed by atoms with E-state index in [0.717, 1.165) is 18.5 Å². The Hall–Kier alpha value is -2.16. The standard InChI is InChI=1S/C15H14N2O/c16-12-5-1-3-11(9-12)15(18)13-7-6-10-4-2-8-17-14(10)13/h1-5,8-9,13H,6-7,16H2. The molecular weight excluding hydrogens is 224 g/mol. The Morgan fingerprint density at radius 1 is 1.28 bits per heavy atom. The number of aryl methyl sites for hydroxylation is 1. The summed E-state index contributed by atoms with van der Waals surface area (Å²) in [5, 5.41) is 0. The van der Waals surface area contributed by atoms with E-state index in [0.29, 0.717) is 11.3 Å². The van der Waals surface area contributed by atoms with Gasteiger partial charge in [-0.2, -0.15) is 0 Å². The predicted molar refractivity (Wildman–Crippen MR) is 70.5 cm³/mol. The molecule has 1 aromatic heterocycles. The Morgan fingerprint density at radius 3 is 3.00 bits per heavy atom. The molecule has 0 spiro atoms. The highest BCUT2D eigenvalue weighted by atomic mass is 16.1. The monoisotopic (exact) mass is 238 g/mol. The number of nitrogens with two attached hydrogens (primary N) is 1. The van der Waals surface area contributed by atoms with Gasteiger partial charge >= 0.3 is 0 Å². The van der Waals surface area contributed by atoms with Gasteiger partial charge < -0.3 is 5.73 Å². The van der Waals surface area contributed by atoms with Crippen LogP contribution in [0.3, 0.4) is 0 Å². The number of rotatable bonds is 2. The quantitative estimate of drug-likeness (QED) is 0.646. The van der Waals surface area contributed by atoms with Gasteiger partial charge in [0.1, 0.15) is 0 Å². The molecule has 0 aliphatic heterocycles. The molecule has 0 amide bonds. The maximum absolute atomic E-state index is 12.5. The van der Waals surface area contributed by atoms with E-state index in [2.05, 4.69) is 11.1 Å². The third-order valence-corrected chi connectivity index (χ3v) is 3.45. The lowest BCUT2D eigenvalue weighted by molar-refractivity contribution is 0.0958. The number of Topliss-reactive ketones (excluding diaryl/α,β-unsaturated/α-hetero) is 1. The van der Waals surface area contributed by atoms with Crippen molar-refractivity contribution in [3.63, 3.8) is 0 Å². The smallest absolute Gasteiger partial charge is 0.171 e. The number of pyridine rings is 1. The molecule has 3 nitrogen and oxygen atoms in total. The first-order chi connectivity index (χ1) is 8.75. The zero-order chi connectivity index (χ0) is 12.5. The third kappa shape index (κ3) is 1.78. The average Bonchev–Trinajstić information content (AvgIpc) is 2.82. The first-order valence-corrected chi connectivity index (χ1v) is 6.09. The number of nitrogen functional groups attached to an aromatic ring is 1. The van der Waals surface area contributed by atoms with E-state index in [-0.39, 0.29) is 11.7 Å². The second kappa shape index (κ2) is 4.26. The van der Waals surface area contributed by atoms with Crippen molar-refractivity contribution in [2.24, 2.45) is 0 Å². The zero-order valence-electron chi connectivity index (χ0n) is 9.97. The third-order valence-electron chi connectivity index (χ3n) is 3.45. The number of hydrogen-bond donors (Lipinski definition) is 1. The summed E-state index contributed by atoms with van der Waals surface area (Å²) in [7, 11) is 0. The van der Waals surface area contributed by atoms with E-state index in [1.165, 1.54) is 5.56 Å². The summed E-state index contributed by atoms with van der Waals surface area (Å²) in [6.07, 6.45) is 3.53. The van der Waals surface area contributed by atoms with Crippen molar-refractivity contribution in [2.45, 2.75) is 18.8 Å². The zero-order valence-corrected chi connectivity index (χ0v) is 9.97. The minimum absolute atomic E-state index is 0.108. The van der Waals surface area contributed by atoms with Crippen molar-refractivity contribution < 1.29 is 4.79 Å². The Bertz CT molecular complexity index is 607. The maximum Gasteiger partial charge on any atom is 0.171 e. The number of aromatic nitrogens is 1. The van der Waals surface area contributed by atoms with Crippen molar-refractivity contribution in [1.29, 1.82) is 0 Å². The Kier molecular flexibility index (Phi) is 2.59. The van der Waals surface area contributed by atoms with Crippen molar-refractivity contribution >= 4 is 11.5 Å². The molecule has 0 fully saturated rings. The summed E-state index contributed by atoms with van der Waals surface area (Å²) in [6, 6.07) is 11.1. The number of hydrogen-bond acceptors (Lipinski definition) is 3. The number of carbonyl (C=O) groups excluding carboxylic acids is 1. The molecule has 1 heterocycles. The van der Waals surface area contributed by atoms with E-state index >= 15 is 0 Å². The number of anilines is 1. The summed E-state index contributed by atoms with van der Waals surface area (Å²) in [6.45, 7) is 0. The number of ketones is 1. The second-order valence-electron chi connectivity index (χ2n) is 4.63. The van der Waals surface area contributed by atoms with Gasteiger partial charge in [0.05, 0.1) is 11.6 Å².